The van der Waals surface area contributed by atoms with Crippen molar-refractivity contribution in [3.63, 3.8) is 0 Å². The van der Waals surface area contributed by atoms with Gasteiger partial charge in [-0.25, -0.2) is 5.84 Å². The molecule has 5 nitrogen and oxygen atoms in total. The molecule has 0 fully saturated rings. The Kier molecular flexibility index (Phi) is 4.85. The largest absolute Gasteiger partial charge is 0.340 e. The first-order valence-electron chi connectivity index (χ1n) is 5.83. The summed E-state index contributed by atoms with van der Waals surface area (Å²) in [6.45, 7) is 5.63. The molecule has 1 aromatic rings. The predicted octanol–water partition coefficient (Wildman–Crippen LogP) is 0.739. The normalized spacial score (nSPS) is 12.1. The lowest BCUT2D eigenvalue weighted by molar-refractivity contribution is -0.124. The molecule has 1 rings (SSSR count). The van der Waals surface area contributed by atoms with Crippen molar-refractivity contribution in [1.29, 1.82) is 0 Å². The number of hydrogen-bond donors (Lipinski definition) is 3. The van der Waals surface area contributed by atoms with Crippen molar-refractivity contribution in [3.05, 3.63) is 35.4 Å². The molecule has 0 aliphatic rings. The summed E-state index contributed by atoms with van der Waals surface area (Å²) in [5, 5.41) is 2.67. The lowest BCUT2D eigenvalue weighted by atomic mass is 10.0. The molecule has 4 N–H and O–H groups in total. The highest BCUT2D eigenvalue weighted by Gasteiger charge is 2.23. The van der Waals surface area contributed by atoms with Crippen LogP contribution in [0.2, 0.25) is 0 Å². The molecule has 0 saturated carbocycles. The number of carbonyl (C=O) groups is 2. The van der Waals surface area contributed by atoms with Crippen LogP contribution >= 0.6 is 0 Å². The van der Waals surface area contributed by atoms with E-state index in [1.165, 1.54) is 0 Å². The lowest BCUT2D eigenvalue weighted by Crippen LogP contribution is -2.51. The molecule has 0 aliphatic heterocycles. The molecule has 0 saturated heterocycles. The standard InChI is InChI=1S/C13H19N3O2/c1-8(2)11(13(18)16-14)15-12(17)10-6-4-9(3)5-7-10/h4-8,11H,14H2,1-3H3,(H,15,17)(H,16,18). The molecule has 18 heavy (non-hydrogen) atoms. The van der Waals surface area contributed by atoms with Gasteiger partial charge in [-0.15, -0.1) is 0 Å². The van der Waals surface area contributed by atoms with Crippen molar-refractivity contribution in [2.24, 2.45) is 11.8 Å². The third kappa shape index (κ3) is 3.56. The molecule has 1 aromatic carbocycles. The van der Waals surface area contributed by atoms with Gasteiger partial charge in [0.1, 0.15) is 6.04 Å². The lowest BCUT2D eigenvalue weighted by Gasteiger charge is -2.20. The van der Waals surface area contributed by atoms with Gasteiger partial charge in [-0.05, 0) is 25.0 Å². The van der Waals surface area contributed by atoms with E-state index in [0.717, 1.165) is 5.56 Å². The minimum absolute atomic E-state index is 0.0389. The van der Waals surface area contributed by atoms with E-state index in [9.17, 15) is 9.59 Å². The molecule has 0 spiro atoms. The van der Waals surface area contributed by atoms with Crippen LogP contribution in [0.4, 0.5) is 0 Å². The Balaban J connectivity index is 2.78. The summed E-state index contributed by atoms with van der Waals surface area (Å²) in [6.07, 6.45) is 0. The average Bonchev–Trinajstić information content (AvgIpc) is 2.35. The van der Waals surface area contributed by atoms with E-state index in [4.69, 9.17) is 5.84 Å². The van der Waals surface area contributed by atoms with Crippen molar-refractivity contribution in [2.75, 3.05) is 0 Å². The maximum absolute atomic E-state index is 12.0. The quantitative estimate of drug-likeness (QED) is 0.418. The zero-order chi connectivity index (χ0) is 13.7. The number of nitrogens with two attached hydrogens (primary N) is 1. The van der Waals surface area contributed by atoms with Crippen LogP contribution in [0.25, 0.3) is 0 Å². The molecule has 2 amide bonds. The van der Waals surface area contributed by atoms with Crippen LogP contribution in [0.1, 0.15) is 29.8 Å². The smallest absolute Gasteiger partial charge is 0.256 e. The van der Waals surface area contributed by atoms with Crippen molar-refractivity contribution in [3.8, 4) is 0 Å². The van der Waals surface area contributed by atoms with Crippen molar-refractivity contribution >= 4 is 11.8 Å². The highest BCUT2D eigenvalue weighted by Crippen LogP contribution is 2.06. The minimum Gasteiger partial charge on any atom is -0.340 e. The van der Waals surface area contributed by atoms with Crippen LogP contribution in [0, 0.1) is 12.8 Å². The van der Waals surface area contributed by atoms with E-state index in [2.05, 4.69) is 10.7 Å². The van der Waals surface area contributed by atoms with Crippen molar-refractivity contribution in [2.45, 2.75) is 26.8 Å². The summed E-state index contributed by atoms with van der Waals surface area (Å²) in [5.74, 6) is 4.38. The van der Waals surface area contributed by atoms with Gasteiger partial charge in [0, 0.05) is 5.56 Å². The van der Waals surface area contributed by atoms with Crippen LogP contribution in [0.15, 0.2) is 24.3 Å². The van der Waals surface area contributed by atoms with E-state index in [-0.39, 0.29) is 11.8 Å². The molecule has 0 bridgehead atoms. The molecule has 0 aliphatic carbocycles. The number of rotatable bonds is 4. The van der Waals surface area contributed by atoms with Crippen LogP contribution in [-0.2, 0) is 4.79 Å². The van der Waals surface area contributed by atoms with Crippen LogP contribution in [0.3, 0.4) is 0 Å². The first kappa shape index (κ1) is 14.2. The molecule has 1 unspecified atom stereocenters. The summed E-state index contributed by atoms with van der Waals surface area (Å²) in [4.78, 5) is 23.5. The SMILES string of the molecule is Cc1ccc(C(=O)NC(C(=O)NN)C(C)C)cc1. The van der Waals surface area contributed by atoms with Gasteiger partial charge in [0.15, 0.2) is 0 Å². The van der Waals surface area contributed by atoms with Crippen LogP contribution in [-0.4, -0.2) is 17.9 Å². The number of hydrazine groups is 1. The number of carbonyl (C=O) groups excluding carboxylic acids is 2. The number of benzene rings is 1. The molecule has 98 valence electrons. The second-order valence-corrected chi connectivity index (χ2v) is 4.57. The number of nitrogens with one attached hydrogen (secondary N) is 2. The average molecular weight is 249 g/mol. The summed E-state index contributed by atoms with van der Waals surface area (Å²) in [6, 6.07) is 6.51. The van der Waals surface area contributed by atoms with E-state index < -0.39 is 11.9 Å². The monoisotopic (exact) mass is 249 g/mol. The molecule has 5 heteroatoms. The minimum atomic E-state index is -0.635. The zero-order valence-electron chi connectivity index (χ0n) is 10.9. The van der Waals surface area contributed by atoms with E-state index in [0.29, 0.717) is 5.56 Å². The Morgan fingerprint density at radius 3 is 2.17 bits per heavy atom. The predicted molar refractivity (Wildman–Crippen MR) is 69.6 cm³/mol. The molecule has 0 radical (unpaired) electrons. The van der Waals surface area contributed by atoms with Gasteiger partial charge in [-0.3, -0.25) is 15.0 Å². The topological polar surface area (TPSA) is 84.2 Å². The highest BCUT2D eigenvalue weighted by atomic mass is 16.2. The number of hydrogen-bond acceptors (Lipinski definition) is 3. The first-order chi connectivity index (χ1) is 8.45. The van der Waals surface area contributed by atoms with Crippen molar-refractivity contribution < 1.29 is 9.59 Å². The maximum atomic E-state index is 12.0. The first-order valence-corrected chi connectivity index (χ1v) is 5.83. The van der Waals surface area contributed by atoms with Gasteiger partial charge in [0.05, 0.1) is 0 Å². The number of aryl methyl sites for hydroxylation is 1. The van der Waals surface area contributed by atoms with Gasteiger partial charge in [0.2, 0.25) is 0 Å². The van der Waals surface area contributed by atoms with Gasteiger partial charge >= 0.3 is 0 Å². The Bertz CT molecular complexity index is 426. The maximum Gasteiger partial charge on any atom is 0.256 e. The summed E-state index contributed by atoms with van der Waals surface area (Å²) in [5.41, 5.74) is 3.66. The Hall–Kier alpha value is -1.88. The number of amides is 2. The fraction of sp³-hybridized carbons (Fsp3) is 0.385. The summed E-state index contributed by atoms with van der Waals surface area (Å²) < 4.78 is 0. The fourth-order valence-corrected chi connectivity index (χ4v) is 1.55. The molecule has 0 heterocycles. The second-order valence-electron chi connectivity index (χ2n) is 4.57. The Labute approximate surface area is 107 Å². The fourth-order valence-electron chi connectivity index (χ4n) is 1.55. The molecular weight excluding hydrogens is 230 g/mol. The van der Waals surface area contributed by atoms with Gasteiger partial charge in [-0.1, -0.05) is 31.5 Å². The van der Waals surface area contributed by atoms with Crippen molar-refractivity contribution in [1.82, 2.24) is 10.7 Å². The second kappa shape index (κ2) is 6.16. The highest BCUT2D eigenvalue weighted by molar-refractivity contribution is 5.97. The van der Waals surface area contributed by atoms with Gasteiger partial charge in [-0.2, -0.15) is 0 Å². The van der Waals surface area contributed by atoms with E-state index in [1.807, 2.05) is 32.9 Å². The summed E-state index contributed by atoms with van der Waals surface area (Å²) in [7, 11) is 0. The Morgan fingerprint density at radius 2 is 1.72 bits per heavy atom. The Morgan fingerprint density at radius 1 is 1.17 bits per heavy atom. The zero-order valence-corrected chi connectivity index (χ0v) is 10.9. The molecule has 1 atom stereocenters. The van der Waals surface area contributed by atoms with E-state index >= 15 is 0 Å². The molecule has 0 aromatic heterocycles. The summed E-state index contributed by atoms with van der Waals surface area (Å²) >= 11 is 0. The van der Waals surface area contributed by atoms with Crippen LogP contribution in [0.5, 0.6) is 0 Å². The van der Waals surface area contributed by atoms with E-state index in [1.54, 1.807) is 12.1 Å². The van der Waals surface area contributed by atoms with Crippen LogP contribution < -0.4 is 16.6 Å². The third-order valence-corrected chi connectivity index (χ3v) is 2.69. The van der Waals surface area contributed by atoms with Gasteiger partial charge < -0.3 is 5.32 Å². The molecular formula is C13H19N3O2. The van der Waals surface area contributed by atoms with Gasteiger partial charge in [0.25, 0.3) is 11.8 Å². The third-order valence-electron chi connectivity index (χ3n) is 2.69.